The van der Waals surface area contributed by atoms with Gasteiger partial charge in [-0.15, -0.1) is 11.3 Å². The lowest BCUT2D eigenvalue weighted by molar-refractivity contribution is 0.0719. The topological polar surface area (TPSA) is 102 Å². The summed E-state index contributed by atoms with van der Waals surface area (Å²) in [7, 11) is -3.83. The Balaban J connectivity index is 1.66. The van der Waals surface area contributed by atoms with E-state index in [2.05, 4.69) is 128 Å². The molecule has 0 radical (unpaired) electrons. The fourth-order valence-corrected chi connectivity index (χ4v) is 10.6. The molecule has 4 rings (SSSR count). The highest BCUT2D eigenvalue weighted by atomic mass is 32.1. The number of allylic oxidation sites excluding steroid dienone is 2. The van der Waals surface area contributed by atoms with Crippen LogP contribution in [0.15, 0.2) is 77.1 Å². The van der Waals surface area contributed by atoms with E-state index in [1.165, 1.54) is 50.2 Å². The first-order valence-electron chi connectivity index (χ1n) is 24.0. The van der Waals surface area contributed by atoms with Crippen LogP contribution in [0.3, 0.4) is 0 Å². The molecule has 0 bridgehead atoms. The van der Waals surface area contributed by atoms with Gasteiger partial charge in [-0.1, -0.05) is 118 Å². The lowest BCUT2D eigenvalue weighted by Crippen LogP contribution is -2.44. The van der Waals surface area contributed by atoms with Crippen molar-refractivity contribution < 1.29 is 22.4 Å². The van der Waals surface area contributed by atoms with E-state index in [4.69, 9.17) is 13.6 Å². The molecule has 2 heterocycles. The normalized spacial score (nSPS) is 15.8. The number of hydrogen-bond donors (Lipinski definition) is 0. The van der Waals surface area contributed by atoms with Gasteiger partial charge in [0.25, 0.3) is 0 Å². The Morgan fingerprint density at radius 2 is 1.33 bits per heavy atom. The predicted octanol–water partition coefficient (Wildman–Crippen LogP) is 15.8. The molecule has 0 saturated heterocycles. The number of ether oxygens (including phenoxy) is 1. The quantitative estimate of drug-likeness (QED) is 0.0530. The van der Waals surface area contributed by atoms with Crippen LogP contribution >= 0.6 is 11.3 Å². The van der Waals surface area contributed by atoms with Crippen LogP contribution in [-0.4, -0.2) is 42.9 Å². The summed E-state index contributed by atoms with van der Waals surface area (Å²) in [6.07, 6.45) is 18.5. The second-order valence-corrected chi connectivity index (χ2v) is 31.5. The molecule has 1 aliphatic heterocycles. The number of halogens is 2. The molecule has 3 aromatic rings. The molecule has 0 amide bonds. The fraction of sp³-hybridized carbons (Fsp3) is 0.509. The van der Waals surface area contributed by atoms with Gasteiger partial charge < -0.3 is 18.5 Å². The zero-order chi connectivity index (χ0) is 49.6. The van der Waals surface area contributed by atoms with Crippen molar-refractivity contribution in [2.24, 2.45) is 0 Å². The van der Waals surface area contributed by atoms with Gasteiger partial charge in [0.2, 0.25) is 0 Å². The van der Waals surface area contributed by atoms with E-state index in [-0.39, 0.29) is 32.5 Å². The van der Waals surface area contributed by atoms with Gasteiger partial charge in [0, 0.05) is 45.7 Å². The molecular formula is C55H74F2N4O3SSi2. The summed E-state index contributed by atoms with van der Waals surface area (Å²) in [5, 5.41) is 30.1. The Bertz CT molecular complexity index is 2350. The van der Waals surface area contributed by atoms with Gasteiger partial charge in [-0.05, 0) is 110 Å². The Morgan fingerprint density at radius 3 is 1.85 bits per heavy atom. The molecule has 1 aliphatic rings. The van der Waals surface area contributed by atoms with Crippen molar-refractivity contribution in [1.29, 1.82) is 15.8 Å². The van der Waals surface area contributed by atoms with Gasteiger partial charge >= 0.3 is 0 Å². The van der Waals surface area contributed by atoms with Gasteiger partial charge in [0.05, 0.1) is 13.2 Å². The predicted molar refractivity (Wildman–Crippen MR) is 279 cm³/mol. The lowest BCUT2D eigenvalue weighted by atomic mass is 9.86. The second kappa shape index (κ2) is 24.1. The Labute approximate surface area is 407 Å². The second-order valence-electron chi connectivity index (χ2n) is 20.8. The highest BCUT2D eigenvalue weighted by Crippen LogP contribution is 2.48. The summed E-state index contributed by atoms with van der Waals surface area (Å²) in [6, 6.07) is 19.7. The van der Waals surface area contributed by atoms with Crippen molar-refractivity contribution in [2.75, 3.05) is 31.2 Å². The van der Waals surface area contributed by atoms with Crippen molar-refractivity contribution in [2.45, 2.75) is 155 Å². The van der Waals surface area contributed by atoms with E-state index < -0.39 is 39.4 Å². The molecule has 1 aromatic heterocycles. The molecular weight excluding hydrogens is 891 g/mol. The molecule has 360 valence electrons. The van der Waals surface area contributed by atoms with E-state index in [1.54, 1.807) is 36.5 Å². The highest BCUT2D eigenvalue weighted by molar-refractivity contribution is 7.14. The number of thiophene rings is 1. The standard InChI is InChI=1S/C55H74F2N4O3SSi2/c1-13-14-15-16-17-18-19-20-21-42-36-46(28-30-48-47(40-60)52(43(38-58)39-59)64-55(48,8)49-29-25-44(56)37-50(49)57)65-51(42)31-24-41-22-26-45(27-23-41)61(32-34-62-66(9,10)53(2,3)4)33-35-63-67(11,12)54(5,6)7/h22-31,36-37H,13-21,32-35H2,1-12H3/b30-28+,31-24+. The molecule has 1 atom stereocenters. The van der Waals surface area contributed by atoms with Gasteiger partial charge in [-0.25, -0.2) is 8.78 Å². The van der Waals surface area contributed by atoms with Crippen molar-refractivity contribution in [3.8, 4) is 18.2 Å². The van der Waals surface area contributed by atoms with Crippen LogP contribution in [0.5, 0.6) is 0 Å². The first-order valence-corrected chi connectivity index (χ1v) is 30.6. The smallest absolute Gasteiger partial charge is 0.192 e. The summed E-state index contributed by atoms with van der Waals surface area (Å²) < 4.78 is 48.9. The zero-order valence-electron chi connectivity index (χ0n) is 42.3. The van der Waals surface area contributed by atoms with Crippen LogP contribution in [0.4, 0.5) is 14.5 Å². The van der Waals surface area contributed by atoms with Crippen LogP contribution in [0.25, 0.3) is 18.2 Å². The largest absolute Gasteiger partial charge is 0.474 e. The first kappa shape index (κ1) is 55.0. The van der Waals surface area contributed by atoms with Crippen molar-refractivity contribution in [3.05, 3.63) is 115 Å². The number of unbranched alkanes of at least 4 members (excludes halogenated alkanes) is 7. The minimum atomic E-state index is -1.92. The molecule has 0 fully saturated rings. The molecule has 1 unspecified atom stereocenters. The number of nitrogens with zero attached hydrogens (tertiary/aromatic N) is 4. The average molecular weight is 965 g/mol. The minimum absolute atomic E-state index is 0.0233. The van der Waals surface area contributed by atoms with Crippen molar-refractivity contribution >= 4 is 51.9 Å². The number of aryl methyl sites for hydroxylation is 1. The molecule has 2 aromatic carbocycles. The summed E-state index contributed by atoms with van der Waals surface area (Å²) in [5.74, 6) is -1.86. The maximum absolute atomic E-state index is 15.4. The Kier molecular flexibility index (Phi) is 19.8. The number of anilines is 1. The third-order valence-corrected chi connectivity index (χ3v) is 24.0. The Morgan fingerprint density at radius 1 is 0.761 bits per heavy atom. The molecule has 0 spiro atoms. The van der Waals surface area contributed by atoms with Gasteiger partial charge in [-0.2, -0.15) is 15.8 Å². The summed E-state index contributed by atoms with van der Waals surface area (Å²) in [5.41, 5.74) is 1.56. The van der Waals surface area contributed by atoms with Crippen molar-refractivity contribution in [3.63, 3.8) is 0 Å². The molecule has 12 heteroatoms. The molecule has 0 N–H and O–H groups in total. The monoisotopic (exact) mass is 964 g/mol. The van der Waals surface area contributed by atoms with Crippen LogP contribution in [-0.2, 0) is 25.6 Å². The number of rotatable bonds is 23. The maximum Gasteiger partial charge on any atom is 0.192 e. The van der Waals surface area contributed by atoms with Gasteiger partial charge in [0.1, 0.15) is 35.4 Å². The first-order chi connectivity index (χ1) is 31.5. The molecule has 0 saturated carbocycles. The third-order valence-electron chi connectivity index (χ3n) is 13.8. The number of hydrogen-bond acceptors (Lipinski definition) is 8. The average Bonchev–Trinajstić information content (AvgIpc) is 3.78. The van der Waals surface area contributed by atoms with Crippen LogP contribution < -0.4 is 4.90 Å². The van der Waals surface area contributed by atoms with E-state index in [9.17, 15) is 20.2 Å². The summed E-state index contributed by atoms with van der Waals surface area (Å²) in [4.78, 5) is 4.40. The molecule has 67 heavy (non-hydrogen) atoms. The summed E-state index contributed by atoms with van der Waals surface area (Å²) in [6.45, 7) is 29.4. The lowest BCUT2D eigenvalue weighted by Gasteiger charge is -2.38. The van der Waals surface area contributed by atoms with Crippen LogP contribution in [0.1, 0.15) is 133 Å². The molecule has 0 aliphatic carbocycles. The Hall–Kier alpha value is -4.62. The van der Waals surface area contributed by atoms with E-state index in [0.29, 0.717) is 13.2 Å². The number of nitriles is 3. The third kappa shape index (κ3) is 14.7. The van der Waals surface area contributed by atoms with Crippen molar-refractivity contribution in [1.82, 2.24) is 0 Å². The van der Waals surface area contributed by atoms with Gasteiger partial charge in [0.15, 0.2) is 33.6 Å². The highest BCUT2D eigenvalue weighted by Gasteiger charge is 2.45. The number of benzene rings is 2. The summed E-state index contributed by atoms with van der Waals surface area (Å²) >= 11 is 1.61. The van der Waals surface area contributed by atoms with E-state index >= 15 is 4.39 Å². The van der Waals surface area contributed by atoms with Crippen LogP contribution in [0, 0.1) is 45.6 Å². The fourth-order valence-electron chi connectivity index (χ4n) is 7.49. The zero-order valence-corrected chi connectivity index (χ0v) is 45.1. The maximum atomic E-state index is 15.4. The van der Waals surface area contributed by atoms with Crippen LogP contribution in [0.2, 0.25) is 36.3 Å². The minimum Gasteiger partial charge on any atom is -0.474 e. The molecule has 7 nitrogen and oxygen atoms in total. The SMILES string of the molecule is CCCCCCCCCCc1cc(/C=C/C2=C(C#N)C(=C(C#N)C#N)OC2(C)c2ccc(F)cc2F)sc1/C=C/c1ccc(N(CCO[Si](C)(C)C(C)(C)C)CCO[Si](C)(C)C(C)(C)C)cc1. The van der Waals surface area contributed by atoms with E-state index in [0.717, 1.165) is 65.5 Å². The van der Waals surface area contributed by atoms with Gasteiger partial charge in [-0.3, -0.25) is 0 Å². The van der Waals surface area contributed by atoms with E-state index in [1.807, 2.05) is 6.08 Å².